The molecule has 0 aliphatic carbocycles. The van der Waals surface area contributed by atoms with Gasteiger partial charge in [0.15, 0.2) is 0 Å². The first-order valence-electron chi connectivity index (χ1n) is 6.81. The number of methoxy groups -OCH3 is 1. The second kappa shape index (κ2) is 8.90. The van der Waals surface area contributed by atoms with E-state index in [9.17, 15) is 0 Å². The highest BCUT2D eigenvalue weighted by molar-refractivity contribution is 4.69. The van der Waals surface area contributed by atoms with Gasteiger partial charge in [0.25, 0.3) is 0 Å². The fraction of sp³-hybridized carbons (Fsp3) is 1.00. The maximum Gasteiger partial charge on any atom is 0.0615 e. The molecular weight excluding hydrogens is 212 g/mol. The van der Waals surface area contributed by atoms with Gasteiger partial charge in [-0.3, -0.25) is 0 Å². The lowest BCUT2D eigenvalue weighted by Crippen LogP contribution is -2.36. The third kappa shape index (κ3) is 10.7. The summed E-state index contributed by atoms with van der Waals surface area (Å²) in [7, 11) is 3.94. The monoisotopic (exact) mass is 244 g/mol. The Morgan fingerprint density at radius 2 is 1.82 bits per heavy atom. The van der Waals surface area contributed by atoms with E-state index in [1.165, 1.54) is 25.8 Å². The van der Waals surface area contributed by atoms with Crippen molar-refractivity contribution < 1.29 is 4.74 Å². The fourth-order valence-electron chi connectivity index (χ4n) is 1.72. The van der Waals surface area contributed by atoms with Gasteiger partial charge < -0.3 is 15.0 Å². The largest absolute Gasteiger partial charge is 0.383 e. The van der Waals surface area contributed by atoms with Gasteiger partial charge >= 0.3 is 0 Å². The second-order valence-corrected chi connectivity index (χ2v) is 6.02. The minimum atomic E-state index is 0.254. The average Bonchev–Trinajstić information content (AvgIpc) is 2.21. The van der Waals surface area contributed by atoms with E-state index in [1.54, 1.807) is 7.11 Å². The Bertz CT molecular complexity index is 178. The van der Waals surface area contributed by atoms with Gasteiger partial charge in [-0.1, -0.05) is 6.42 Å². The molecule has 3 nitrogen and oxygen atoms in total. The van der Waals surface area contributed by atoms with Crippen LogP contribution in [0.15, 0.2) is 0 Å². The van der Waals surface area contributed by atoms with E-state index < -0.39 is 0 Å². The highest BCUT2D eigenvalue weighted by Crippen LogP contribution is 2.03. The maximum absolute atomic E-state index is 5.16. The van der Waals surface area contributed by atoms with E-state index in [0.29, 0.717) is 6.04 Å². The van der Waals surface area contributed by atoms with Crippen LogP contribution in [-0.4, -0.2) is 50.3 Å². The molecule has 0 saturated heterocycles. The van der Waals surface area contributed by atoms with Crippen molar-refractivity contribution in [1.29, 1.82) is 0 Å². The number of unbranched alkanes of at least 4 members (excludes halogenated alkanes) is 2. The van der Waals surface area contributed by atoms with Crippen LogP contribution in [0.1, 0.15) is 47.0 Å². The normalized spacial score (nSPS) is 14.3. The number of likely N-dealkylation sites (N-methyl/N-ethyl adjacent to an activating group) is 1. The molecule has 1 atom stereocenters. The van der Waals surface area contributed by atoms with E-state index in [4.69, 9.17) is 4.74 Å². The Morgan fingerprint density at radius 3 is 2.35 bits per heavy atom. The molecule has 0 fully saturated rings. The predicted molar refractivity (Wildman–Crippen MR) is 75.6 cm³/mol. The lowest BCUT2D eigenvalue weighted by Gasteiger charge is -2.24. The van der Waals surface area contributed by atoms with E-state index in [0.717, 1.165) is 13.2 Å². The molecule has 0 radical (unpaired) electrons. The van der Waals surface area contributed by atoms with Gasteiger partial charge in [0, 0.05) is 18.7 Å². The topological polar surface area (TPSA) is 24.5 Å². The van der Waals surface area contributed by atoms with Gasteiger partial charge in [-0.05, 0) is 60.7 Å². The standard InChI is InChI=1S/C14H32N2O/c1-13(12-17-6)16(5)11-9-7-8-10-15-14(2,3)4/h13,15H,7-12H2,1-6H3. The molecule has 0 aromatic rings. The van der Waals surface area contributed by atoms with Crippen LogP contribution < -0.4 is 5.32 Å². The molecule has 0 aromatic carbocycles. The third-order valence-electron chi connectivity index (χ3n) is 3.00. The molecule has 0 bridgehead atoms. The van der Waals surface area contributed by atoms with Gasteiger partial charge in [0.05, 0.1) is 6.61 Å². The molecule has 3 heteroatoms. The zero-order chi connectivity index (χ0) is 13.3. The Kier molecular flexibility index (Phi) is 8.83. The molecule has 104 valence electrons. The molecule has 0 saturated carbocycles. The Labute approximate surface area is 108 Å². The molecular formula is C14H32N2O. The minimum absolute atomic E-state index is 0.254. The van der Waals surface area contributed by atoms with E-state index in [2.05, 4.69) is 45.0 Å². The van der Waals surface area contributed by atoms with E-state index >= 15 is 0 Å². The summed E-state index contributed by atoms with van der Waals surface area (Å²) in [4.78, 5) is 2.38. The summed E-state index contributed by atoms with van der Waals surface area (Å²) in [5.41, 5.74) is 0.254. The zero-order valence-corrected chi connectivity index (χ0v) is 12.7. The zero-order valence-electron chi connectivity index (χ0n) is 12.7. The highest BCUT2D eigenvalue weighted by Gasteiger charge is 2.09. The second-order valence-electron chi connectivity index (χ2n) is 6.02. The maximum atomic E-state index is 5.16. The van der Waals surface area contributed by atoms with Crippen molar-refractivity contribution in [2.45, 2.75) is 58.5 Å². The van der Waals surface area contributed by atoms with Crippen molar-refractivity contribution in [3.05, 3.63) is 0 Å². The predicted octanol–water partition coefficient (Wildman–Crippen LogP) is 2.51. The Balaban J connectivity index is 3.39. The summed E-state index contributed by atoms with van der Waals surface area (Å²) in [5.74, 6) is 0. The van der Waals surface area contributed by atoms with Gasteiger partial charge in [-0.2, -0.15) is 0 Å². The minimum Gasteiger partial charge on any atom is -0.383 e. The van der Waals surface area contributed by atoms with Crippen LogP contribution >= 0.6 is 0 Å². The quantitative estimate of drug-likeness (QED) is 0.631. The Hall–Kier alpha value is -0.120. The van der Waals surface area contributed by atoms with Crippen LogP contribution in [0.5, 0.6) is 0 Å². The van der Waals surface area contributed by atoms with Gasteiger partial charge in [-0.15, -0.1) is 0 Å². The van der Waals surface area contributed by atoms with Gasteiger partial charge in [0.2, 0.25) is 0 Å². The van der Waals surface area contributed by atoms with Crippen LogP contribution in [0.4, 0.5) is 0 Å². The summed E-state index contributed by atoms with van der Waals surface area (Å²) in [6.07, 6.45) is 3.84. The summed E-state index contributed by atoms with van der Waals surface area (Å²) in [6, 6.07) is 0.521. The van der Waals surface area contributed by atoms with Crippen molar-refractivity contribution in [3.63, 3.8) is 0 Å². The molecule has 1 unspecified atom stereocenters. The fourth-order valence-corrected chi connectivity index (χ4v) is 1.72. The lowest BCUT2D eigenvalue weighted by molar-refractivity contribution is 0.114. The highest BCUT2D eigenvalue weighted by atomic mass is 16.5. The number of nitrogens with one attached hydrogen (secondary N) is 1. The number of nitrogens with zero attached hydrogens (tertiary/aromatic N) is 1. The Morgan fingerprint density at radius 1 is 1.18 bits per heavy atom. The van der Waals surface area contributed by atoms with Crippen molar-refractivity contribution in [2.75, 3.05) is 33.9 Å². The first-order chi connectivity index (χ1) is 7.87. The number of ether oxygens (including phenoxy) is 1. The van der Waals surface area contributed by atoms with Crippen LogP contribution in [0.3, 0.4) is 0 Å². The van der Waals surface area contributed by atoms with Crippen molar-refractivity contribution >= 4 is 0 Å². The smallest absolute Gasteiger partial charge is 0.0615 e. The molecule has 17 heavy (non-hydrogen) atoms. The number of rotatable bonds is 9. The first-order valence-corrected chi connectivity index (χ1v) is 6.81. The SMILES string of the molecule is COCC(C)N(C)CCCCCNC(C)(C)C. The molecule has 0 heterocycles. The molecule has 0 spiro atoms. The van der Waals surface area contributed by atoms with E-state index in [1.807, 2.05) is 0 Å². The molecule has 1 N–H and O–H groups in total. The number of hydrogen-bond acceptors (Lipinski definition) is 3. The number of hydrogen-bond donors (Lipinski definition) is 1. The third-order valence-corrected chi connectivity index (χ3v) is 3.00. The molecule has 0 aliphatic rings. The van der Waals surface area contributed by atoms with Crippen LogP contribution in [0.25, 0.3) is 0 Å². The van der Waals surface area contributed by atoms with Crippen LogP contribution in [0.2, 0.25) is 0 Å². The average molecular weight is 244 g/mol. The van der Waals surface area contributed by atoms with Gasteiger partial charge in [0.1, 0.15) is 0 Å². The first kappa shape index (κ1) is 16.9. The van der Waals surface area contributed by atoms with Crippen LogP contribution in [-0.2, 0) is 4.74 Å². The molecule has 0 rings (SSSR count). The van der Waals surface area contributed by atoms with Gasteiger partial charge in [-0.25, -0.2) is 0 Å². The lowest BCUT2D eigenvalue weighted by atomic mass is 10.1. The van der Waals surface area contributed by atoms with Crippen molar-refractivity contribution in [1.82, 2.24) is 10.2 Å². The van der Waals surface area contributed by atoms with Crippen molar-refractivity contribution in [2.24, 2.45) is 0 Å². The molecule has 0 amide bonds. The van der Waals surface area contributed by atoms with Crippen molar-refractivity contribution in [3.8, 4) is 0 Å². The molecule has 0 aliphatic heterocycles. The summed E-state index contributed by atoms with van der Waals surface area (Å²) in [5, 5.41) is 3.52. The molecule has 0 aromatic heterocycles. The van der Waals surface area contributed by atoms with Crippen LogP contribution in [0, 0.1) is 0 Å². The van der Waals surface area contributed by atoms with E-state index in [-0.39, 0.29) is 5.54 Å². The summed E-state index contributed by atoms with van der Waals surface area (Å²) in [6.45, 7) is 12.0. The summed E-state index contributed by atoms with van der Waals surface area (Å²) >= 11 is 0. The summed E-state index contributed by atoms with van der Waals surface area (Å²) < 4.78 is 5.16.